The predicted molar refractivity (Wildman–Crippen MR) is 132 cm³/mol. The SMILES string of the molecule is CCC(c1nc2ccc(F)cc2c(=O)n1C1CC1)n1nc(-c2ccc(OC)nc2)c2c(N)ncnc21. The monoisotopic (exact) mass is 486 g/mol. The van der Waals surface area contributed by atoms with Gasteiger partial charge in [-0.25, -0.2) is 29.0 Å². The van der Waals surface area contributed by atoms with Crippen LogP contribution in [0.1, 0.15) is 44.1 Å². The molecule has 6 rings (SSSR count). The zero-order valence-electron chi connectivity index (χ0n) is 19.7. The molecule has 0 spiro atoms. The summed E-state index contributed by atoms with van der Waals surface area (Å²) in [5.74, 6) is 0.855. The van der Waals surface area contributed by atoms with Crippen molar-refractivity contribution < 1.29 is 9.13 Å². The number of anilines is 1. The quantitative estimate of drug-likeness (QED) is 0.385. The normalized spacial score (nSPS) is 14.4. The largest absolute Gasteiger partial charge is 0.481 e. The van der Waals surface area contributed by atoms with Gasteiger partial charge in [0.25, 0.3) is 5.56 Å². The summed E-state index contributed by atoms with van der Waals surface area (Å²) in [6.07, 6.45) is 5.35. The standard InChI is InChI=1S/C25H23FN8O2/c1-3-18(23-31-17-8-5-14(26)10-16(17)25(35)33(23)15-6-7-15)34-24-20(22(27)29-12-30-24)21(32-34)13-4-9-19(36-2)28-11-13/h4-5,8-12,15,18H,3,6-7H2,1-2H3,(H2,27,29,30). The van der Waals surface area contributed by atoms with Crippen LogP contribution in [0.25, 0.3) is 33.2 Å². The molecule has 0 aliphatic heterocycles. The summed E-state index contributed by atoms with van der Waals surface area (Å²) in [7, 11) is 1.55. The molecule has 0 bridgehead atoms. The summed E-state index contributed by atoms with van der Waals surface area (Å²) in [5, 5.41) is 5.76. The van der Waals surface area contributed by atoms with Gasteiger partial charge in [0.15, 0.2) is 5.65 Å². The molecule has 2 N–H and O–H groups in total. The van der Waals surface area contributed by atoms with Crippen LogP contribution in [0.5, 0.6) is 5.88 Å². The van der Waals surface area contributed by atoms with E-state index in [1.807, 2.05) is 13.0 Å². The highest BCUT2D eigenvalue weighted by Crippen LogP contribution is 2.39. The fraction of sp³-hybridized carbons (Fsp3) is 0.280. The van der Waals surface area contributed by atoms with Crippen molar-refractivity contribution in [2.24, 2.45) is 0 Å². The number of aromatic nitrogens is 7. The van der Waals surface area contributed by atoms with Gasteiger partial charge in [0.2, 0.25) is 5.88 Å². The number of methoxy groups -OCH3 is 1. The van der Waals surface area contributed by atoms with Crippen molar-refractivity contribution in [1.29, 1.82) is 0 Å². The Morgan fingerprint density at radius 1 is 1.19 bits per heavy atom. The fourth-order valence-corrected chi connectivity index (χ4v) is 4.63. The van der Waals surface area contributed by atoms with E-state index in [1.165, 1.54) is 24.5 Å². The Kier molecular flexibility index (Phi) is 5.13. The van der Waals surface area contributed by atoms with E-state index >= 15 is 0 Å². The number of hydrogen-bond donors (Lipinski definition) is 1. The number of nitrogens with two attached hydrogens (primary N) is 1. The van der Waals surface area contributed by atoms with Gasteiger partial charge < -0.3 is 10.5 Å². The van der Waals surface area contributed by atoms with Gasteiger partial charge in [-0.05, 0) is 43.5 Å². The number of ether oxygens (including phenoxy) is 1. The zero-order chi connectivity index (χ0) is 25.0. The van der Waals surface area contributed by atoms with Crippen LogP contribution >= 0.6 is 0 Å². The molecule has 1 aromatic carbocycles. The second-order valence-electron chi connectivity index (χ2n) is 8.80. The van der Waals surface area contributed by atoms with Crippen LogP contribution in [-0.4, -0.2) is 41.4 Å². The number of rotatable bonds is 6. The van der Waals surface area contributed by atoms with E-state index in [1.54, 1.807) is 28.6 Å². The van der Waals surface area contributed by atoms with Gasteiger partial charge in [-0.2, -0.15) is 5.10 Å². The molecule has 36 heavy (non-hydrogen) atoms. The van der Waals surface area contributed by atoms with Crippen molar-refractivity contribution in [1.82, 2.24) is 34.3 Å². The number of fused-ring (bicyclic) bond motifs is 2. The molecule has 0 radical (unpaired) electrons. The first-order valence-corrected chi connectivity index (χ1v) is 11.7. The van der Waals surface area contributed by atoms with Crippen molar-refractivity contribution in [3.05, 3.63) is 64.9 Å². The minimum Gasteiger partial charge on any atom is -0.481 e. The van der Waals surface area contributed by atoms with Crippen LogP contribution in [0.4, 0.5) is 10.2 Å². The maximum atomic E-state index is 14.0. The van der Waals surface area contributed by atoms with E-state index in [-0.39, 0.29) is 22.8 Å². The van der Waals surface area contributed by atoms with Gasteiger partial charge >= 0.3 is 0 Å². The number of halogens is 1. The van der Waals surface area contributed by atoms with Crippen LogP contribution < -0.4 is 16.0 Å². The lowest BCUT2D eigenvalue weighted by atomic mass is 10.1. The summed E-state index contributed by atoms with van der Waals surface area (Å²) in [6.45, 7) is 2.00. The first-order valence-electron chi connectivity index (χ1n) is 11.7. The Hall–Kier alpha value is -4.41. The minimum absolute atomic E-state index is 0.0218. The predicted octanol–water partition coefficient (Wildman–Crippen LogP) is 3.66. The van der Waals surface area contributed by atoms with Gasteiger partial charge in [-0.1, -0.05) is 6.92 Å². The number of pyridine rings is 1. The number of nitrogens with zero attached hydrogens (tertiary/aromatic N) is 7. The zero-order valence-corrected chi connectivity index (χ0v) is 19.7. The first-order chi connectivity index (χ1) is 17.5. The lowest BCUT2D eigenvalue weighted by Gasteiger charge is -2.21. The van der Waals surface area contributed by atoms with Gasteiger partial charge in [0, 0.05) is 23.9 Å². The highest BCUT2D eigenvalue weighted by molar-refractivity contribution is 5.98. The molecule has 182 valence electrons. The maximum Gasteiger partial charge on any atom is 0.261 e. The van der Waals surface area contributed by atoms with Crippen LogP contribution in [0.3, 0.4) is 0 Å². The van der Waals surface area contributed by atoms with E-state index < -0.39 is 11.9 Å². The third kappa shape index (κ3) is 3.46. The van der Waals surface area contributed by atoms with E-state index in [4.69, 9.17) is 20.6 Å². The van der Waals surface area contributed by atoms with Crippen LogP contribution in [0.15, 0.2) is 47.7 Å². The molecule has 1 unspecified atom stereocenters. The van der Waals surface area contributed by atoms with Crippen molar-refractivity contribution in [2.45, 2.75) is 38.3 Å². The van der Waals surface area contributed by atoms with Crippen molar-refractivity contribution in [2.75, 3.05) is 12.8 Å². The third-order valence-electron chi connectivity index (χ3n) is 6.52. The molecule has 1 aliphatic rings. The average molecular weight is 487 g/mol. The summed E-state index contributed by atoms with van der Waals surface area (Å²) in [5.41, 5.74) is 8.29. The summed E-state index contributed by atoms with van der Waals surface area (Å²) < 4.78 is 22.6. The molecule has 1 fully saturated rings. The fourth-order valence-electron chi connectivity index (χ4n) is 4.63. The molecule has 5 aromatic rings. The van der Waals surface area contributed by atoms with Crippen molar-refractivity contribution in [3.8, 4) is 17.1 Å². The van der Waals surface area contributed by atoms with E-state index in [0.717, 1.165) is 18.4 Å². The third-order valence-corrected chi connectivity index (χ3v) is 6.52. The Bertz CT molecular complexity index is 1670. The van der Waals surface area contributed by atoms with Crippen molar-refractivity contribution >= 4 is 27.8 Å². The van der Waals surface area contributed by atoms with E-state index in [2.05, 4.69) is 15.0 Å². The Labute approximate surface area is 204 Å². The molecule has 11 heteroatoms. The highest BCUT2D eigenvalue weighted by atomic mass is 19.1. The summed E-state index contributed by atoms with van der Waals surface area (Å²) >= 11 is 0. The second-order valence-corrected chi connectivity index (χ2v) is 8.80. The molecule has 0 saturated heterocycles. The van der Waals surface area contributed by atoms with Gasteiger partial charge in [0.1, 0.15) is 35.5 Å². The number of benzene rings is 1. The van der Waals surface area contributed by atoms with Crippen molar-refractivity contribution in [3.63, 3.8) is 0 Å². The van der Waals surface area contributed by atoms with E-state index in [0.29, 0.717) is 40.4 Å². The molecule has 0 amide bonds. The summed E-state index contributed by atoms with van der Waals surface area (Å²) in [6, 6.07) is 7.28. The number of hydrogen-bond acceptors (Lipinski definition) is 8. The minimum atomic E-state index is -0.466. The Balaban J connectivity index is 1.60. The molecular weight excluding hydrogens is 463 g/mol. The molecule has 4 aromatic heterocycles. The van der Waals surface area contributed by atoms with Gasteiger partial charge in [-0.15, -0.1) is 0 Å². The Morgan fingerprint density at radius 3 is 2.72 bits per heavy atom. The lowest BCUT2D eigenvalue weighted by Crippen LogP contribution is -2.29. The molecule has 1 aliphatic carbocycles. The second kappa shape index (κ2) is 8.36. The topological polar surface area (TPSA) is 127 Å². The van der Waals surface area contributed by atoms with E-state index in [9.17, 15) is 9.18 Å². The highest BCUT2D eigenvalue weighted by Gasteiger charge is 2.33. The average Bonchev–Trinajstić information content (AvgIpc) is 3.65. The Morgan fingerprint density at radius 2 is 2.03 bits per heavy atom. The molecular formula is C25H23FN8O2. The molecule has 1 saturated carbocycles. The maximum absolute atomic E-state index is 14.0. The summed E-state index contributed by atoms with van der Waals surface area (Å²) in [4.78, 5) is 31.3. The molecule has 1 atom stereocenters. The smallest absolute Gasteiger partial charge is 0.261 e. The van der Waals surface area contributed by atoms with Crippen LogP contribution in [0, 0.1) is 5.82 Å². The molecule has 4 heterocycles. The molecule has 10 nitrogen and oxygen atoms in total. The van der Waals surface area contributed by atoms with Crippen LogP contribution in [0.2, 0.25) is 0 Å². The van der Waals surface area contributed by atoms with Gasteiger partial charge in [0.05, 0.1) is 23.4 Å². The van der Waals surface area contributed by atoms with Gasteiger partial charge in [-0.3, -0.25) is 9.36 Å². The number of nitrogen functional groups attached to an aromatic ring is 1. The first kappa shape index (κ1) is 22.1. The van der Waals surface area contributed by atoms with Crippen LogP contribution in [-0.2, 0) is 0 Å². The lowest BCUT2D eigenvalue weighted by molar-refractivity contribution is 0.398.